The van der Waals surface area contributed by atoms with Gasteiger partial charge in [-0.1, -0.05) is 20.8 Å². The number of Topliss-reactive ketones (excluding diaryl/α,β-unsaturated/α-hetero) is 1. The van der Waals surface area contributed by atoms with Gasteiger partial charge < -0.3 is 4.74 Å². The molecule has 0 saturated carbocycles. The molecule has 5 heteroatoms. The number of ether oxygens (including phenoxy) is 1. The first-order chi connectivity index (χ1) is 8.68. The van der Waals surface area contributed by atoms with Gasteiger partial charge in [0.05, 0.1) is 4.47 Å². The van der Waals surface area contributed by atoms with Crippen molar-refractivity contribution in [2.45, 2.75) is 33.3 Å². The Labute approximate surface area is 120 Å². The van der Waals surface area contributed by atoms with Crippen molar-refractivity contribution in [2.75, 3.05) is 7.11 Å². The van der Waals surface area contributed by atoms with Gasteiger partial charge in [0, 0.05) is 19.1 Å². The van der Waals surface area contributed by atoms with E-state index in [1.165, 1.54) is 13.2 Å². The van der Waals surface area contributed by atoms with E-state index in [0.717, 1.165) is 6.07 Å². The minimum atomic E-state index is -0.739. The van der Waals surface area contributed by atoms with Crippen molar-refractivity contribution in [1.29, 1.82) is 0 Å². The van der Waals surface area contributed by atoms with E-state index in [0.29, 0.717) is 0 Å². The number of methoxy groups -OCH3 is 1. The van der Waals surface area contributed by atoms with E-state index in [2.05, 4.69) is 15.9 Å². The van der Waals surface area contributed by atoms with Gasteiger partial charge in [-0.3, -0.25) is 4.79 Å². The van der Waals surface area contributed by atoms with Crippen molar-refractivity contribution in [3.63, 3.8) is 0 Å². The summed E-state index contributed by atoms with van der Waals surface area (Å²) in [5, 5.41) is 0. The van der Waals surface area contributed by atoms with Gasteiger partial charge in [-0.15, -0.1) is 0 Å². The smallest absolute Gasteiger partial charge is 0.166 e. The lowest BCUT2D eigenvalue weighted by molar-refractivity contribution is -0.134. The minimum absolute atomic E-state index is 0.140. The monoisotopic (exact) mass is 334 g/mol. The molecule has 0 fully saturated rings. The third-order valence-corrected chi connectivity index (χ3v) is 3.42. The highest BCUT2D eigenvalue weighted by atomic mass is 79.9. The van der Waals surface area contributed by atoms with E-state index in [1.54, 1.807) is 0 Å². The van der Waals surface area contributed by atoms with Crippen LogP contribution in [0.3, 0.4) is 0 Å². The van der Waals surface area contributed by atoms with E-state index in [4.69, 9.17) is 4.74 Å². The molecule has 1 rings (SSSR count). The second-order valence-corrected chi connectivity index (χ2v) is 6.30. The number of benzene rings is 1. The van der Waals surface area contributed by atoms with E-state index in [-0.39, 0.29) is 22.2 Å². The Hall–Kier alpha value is -0.810. The predicted molar refractivity (Wildman–Crippen MR) is 73.0 cm³/mol. The Kier molecular flexibility index (Phi) is 5.21. The summed E-state index contributed by atoms with van der Waals surface area (Å²) >= 11 is 2.98. The van der Waals surface area contributed by atoms with Gasteiger partial charge in [0.2, 0.25) is 0 Å². The highest BCUT2D eigenvalue weighted by Crippen LogP contribution is 2.26. The fourth-order valence-corrected chi connectivity index (χ4v) is 2.34. The summed E-state index contributed by atoms with van der Waals surface area (Å²) in [6.07, 6.45) is -1.03. The molecule has 0 radical (unpaired) electrons. The van der Waals surface area contributed by atoms with E-state index in [1.807, 2.05) is 20.8 Å². The molecule has 1 aromatic rings. The number of carbonyl (C=O) groups excluding carboxylic acids is 1. The van der Waals surface area contributed by atoms with Crippen molar-refractivity contribution in [1.82, 2.24) is 0 Å². The van der Waals surface area contributed by atoms with Crippen LogP contribution in [0.1, 0.15) is 26.3 Å². The van der Waals surface area contributed by atoms with E-state index < -0.39 is 23.2 Å². The van der Waals surface area contributed by atoms with Crippen LogP contribution in [-0.4, -0.2) is 19.0 Å². The Morgan fingerprint density at radius 1 is 1.37 bits per heavy atom. The molecule has 19 heavy (non-hydrogen) atoms. The van der Waals surface area contributed by atoms with Crippen LogP contribution in [0.2, 0.25) is 0 Å². The molecule has 2 nitrogen and oxygen atoms in total. The highest BCUT2D eigenvalue weighted by molar-refractivity contribution is 9.10. The number of hydrogen-bond acceptors (Lipinski definition) is 2. The van der Waals surface area contributed by atoms with Crippen LogP contribution in [0.5, 0.6) is 0 Å². The number of ketones is 1. The van der Waals surface area contributed by atoms with Crippen LogP contribution in [0.15, 0.2) is 16.6 Å². The van der Waals surface area contributed by atoms with E-state index >= 15 is 0 Å². The second kappa shape index (κ2) is 6.09. The Morgan fingerprint density at radius 2 is 1.95 bits per heavy atom. The van der Waals surface area contributed by atoms with Gasteiger partial charge in [-0.2, -0.15) is 0 Å². The molecule has 0 aliphatic rings. The molecule has 0 amide bonds. The van der Waals surface area contributed by atoms with Gasteiger partial charge in [0.1, 0.15) is 17.7 Å². The third kappa shape index (κ3) is 3.83. The molecule has 0 N–H and O–H groups in total. The van der Waals surface area contributed by atoms with Gasteiger partial charge in [-0.25, -0.2) is 8.78 Å². The quantitative estimate of drug-likeness (QED) is 0.780. The zero-order valence-corrected chi connectivity index (χ0v) is 13.0. The van der Waals surface area contributed by atoms with Crippen LogP contribution in [0, 0.1) is 17.0 Å². The molecule has 106 valence electrons. The van der Waals surface area contributed by atoms with Crippen molar-refractivity contribution in [2.24, 2.45) is 5.41 Å². The minimum Gasteiger partial charge on any atom is -0.373 e. The summed E-state index contributed by atoms with van der Waals surface area (Å²) in [6, 6.07) is 2.41. The number of halogens is 3. The molecule has 1 unspecified atom stereocenters. The standard InChI is InChI=1S/C14H17BrF2O2/c1-14(2,3)13(19-4)11(18)7-8-10(16)6-5-9(15)12(8)17/h5-6,13H,7H2,1-4H3. The molecular formula is C14H17BrF2O2. The van der Waals surface area contributed by atoms with Crippen molar-refractivity contribution in [3.8, 4) is 0 Å². The largest absolute Gasteiger partial charge is 0.373 e. The topological polar surface area (TPSA) is 26.3 Å². The van der Waals surface area contributed by atoms with Crippen LogP contribution in [0.25, 0.3) is 0 Å². The summed E-state index contributed by atoms with van der Waals surface area (Å²) in [5.74, 6) is -1.80. The van der Waals surface area contributed by atoms with Crippen molar-refractivity contribution < 1.29 is 18.3 Å². The molecular weight excluding hydrogens is 318 g/mol. The number of carbonyl (C=O) groups is 1. The van der Waals surface area contributed by atoms with Crippen LogP contribution in [0.4, 0.5) is 8.78 Å². The van der Waals surface area contributed by atoms with Crippen molar-refractivity contribution >= 4 is 21.7 Å². The SMILES string of the molecule is COC(C(=O)Cc1c(F)ccc(Br)c1F)C(C)(C)C. The summed E-state index contributed by atoms with van der Waals surface area (Å²) < 4.78 is 32.7. The maximum absolute atomic E-state index is 13.8. The number of rotatable bonds is 4. The first-order valence-corrected chi connectivity index (χ1v) is 6.65. The maximum atomic E-state index is 13.8. The summed E-state index contributed by atoms with van der Waals surface area (Å²) in [4.78, 5) is 12.1. The fourth-order valence-electron chi connectivity index (χ4n) is 1.97. The Bertz CT molecular complexity index is 481. The Morgan fingerprint density at radius 3 is 2.42 bits per heavy atom. The van der Waals surface area contributed by atoms with Crippen LogP contribution in [-0.2, 0) is 16.0 Å². The summed E-state index contributed by atoms with van der Waals surface area (Å²) in [7, 11) is 1.42. The second-order valence-electron chi connectivity index (χ2n) is 5.45. The van der Waals surface area contributed by atoms with Crippen LogP contribution >= 0.6 is 15.9 Å². The molecule has 0 aliphatic heterocycles. The first-order valence-electron chi connectivity index (χ1n) is 5.86. The third-order valence-electron chi connectivity index (χ3n) is 2.80. The van der Waals surface area contributed by atoms with E-state index in [9.17, 15) is 13.6 Å². The van der Waals surface area contributed by atoms with Gasteiger partial charge >= 0.3 is 0 Å². The van der Waals surface area contributed by atoms with Gasteiger partial charge in [0.15, 0.2) is 5.78 Å². The van der Waals surface area contributed by atoms with Crippen LogP contribution < -0.4 is 0 Å². The lowest BCUT2D eigenvalue weighted by Crippen LogP contribution is -2.37. The summed E-state index contributed by atoms with van der Waals surface area (Å²) in [5.41, 5.74) is -0.657. The van der Waals surface area contributed by atoms with Crippen molar-refractivity contribution in [3.05, 3.63) is 33.8 Å². The van der Waals surface area contributed by atoms with Gasteiger partial charge in [0.25, 0.3) is 0 Å². The molecule has 0 bridgehead atoms. The average molecular weight is 335 g/mol. The molecule has 1 atom stereocenters. The molecule has 0 heterocycles. The van der Waals surface area contributed by atoms with Gasteiger partial charge in [-0.05, 0) is 33.5 Å². The molecule has 1 aromatic carbocycles. The molecule has 0 spiro atoms. The summed E-state index contributed by atoms with van der Waals surface area (Å²) in [6.45, 7) is 5.52. The lowest BCUT2D eigenvalue weighted by atomic mass is 9.84. The predicted octanol–water partition coefficient (Wildman–Crippen LogP) is 3.90. The first kappa shape index (κ1) is 16.2. The normalized spacial score (nSPS) is 13.4. The molecule has 0 aromatic heterocycles. The zero-order valence-electron chi connectivity index (χ0n) is 11.4. The lowest BCUT2D eigenvalue weighted by Gasteiger charge is -2.28. The molecule has 0 saturated heterocycles. The highest BCUT2D eigenvalue weighted by Gasteiger charge is 2.32. The fraction of sp³-hybridized carbons (Fsp3) is 0.500. The Balaban J connectivity index is 3.03. The number of hydrogen-bond donors (Lipinski definition) is 0. The average Bonchev–Trinajstić information content (AvgIpc) is 2.28. The molecule has 0 aliphatic carbocycles. The maximum Gasteiger partial charge on any atom is 0.166 e. The zero-order chi connectivity index (χ0) is 14.8.